The first-order valence-corrected chi connectivity index (χ1v) is 6.85. The molecule has 6 heteroatoms. The Labute approximate surface area is 138 Å². The van der Waals surface area contributed by atoms with Crippen LogP contribution in [-0.4, -0.2) is 5.97 Å². The lowest BCUT2D eigenvalue weighted by atomic mass is 10.2. The number of para-hydroxylation sites is 1. The summed E-state index contributed by atoms with van der Waals surface area (Å²) >= 11 is 5.78. The zero-order valence-corrected chi connectivity index (χ0v) is 12.5. The van der Waals surface area contributed by atoms with Crippen molar-refractivity contribution < 1.29 is 9.53 Å². The first-order chi connectivity index (χ1) is 11.1. The number of ether oxygens (including phenoxy) is 1. The van der Waals surface area contributed by atoms with Crippen molar-refractivity contribution in [3.8, 4) is 17.9 Å². The van der Waals surface area contributed by atoms with Crippen molar-refractivity contribution >= 4 is 23.3 Å². The summed E-state index contributed by atoms with van der Waals surface area (Å²) in [4.78, 5) is 12.3. The summed E-state index contributed by atoms with van der Waals surface area (Å²) in [6.45, 7) is 0. The Balaban J connectivity index is 2.21. The van der Waals surface area contributed by atoms with Crippen molar-refractivity contribution in [3.63, 3.8) is 0 Å². The predicted molar refractivity (Wildman–Crippen MR) is 85.8 cm³/mol. The van der Waals surface area contributed by atoms with Gasteiger partial charge in [0.05, 0.1) is 11.3 Å². The van der Waals surface area contributed by atoms with Gasteiger partial charge in [-0.25, -0.2) is 4.79 Å². The van der Waals surface area contributed by atoms with E-state index >= 15 is 0 Å². The molecule has 0 aromatic heterocycles. The smallest absolute Gasteiger partial charge is 0.345 e. The minimum Gasteiger partial charge on any atom is -0.423 e. The molecule has 0 aliphatic heterocycles. The van der Waals surface area contributed by atoms with Crippen molar-refractivity contribution in [1.29, 1.82) is 10.5 Å². The molecule has 0 heterocycles. The number of benzene rings is 2. The molecule has 23 heavy (non-hydrogen) atoms. The quantitative estimate of drug-likeness (QED) is 0.524. The lowest BCUT2D eigenvalue weighted by Gasteiger charge is -2.09. The van der Waals surface area contributed by atoms with E-state index in [-0.39, 0.29) is 11.1 Å². The van der Waals surface area contributed by atoms with Gasteiger partial charge in [-0.1, -0.05) is 23.7 Å². The number of hydrogen-bond donors (Lipinski definition) is 1. The van der Waals surface area contributed by atoms with E-state index in [1.165, 1.54) is 6.20 Å². The number of carbonyl (C=O) groups excluding carboxylic acids is 1. The maximum absolute atomic E-state index is 12.3. The molecule has 2 aromatic rings. The summed E-state index contributed by atoms with van der Waals surface area (Å²) in [7, 11) is 0. The highest BCUT2D eigenvalue weighted by atomic mass is 35.5. The third-order valence-corrected chi connectivity index (χ3v) is 3.04. The molecule has 0 saturated heterocycles. The highest BCUT2D eigenvalue weighted by Gasteiger charge is 2.13. The fraction of sp³-hybridized carbons (Fsp3) is 0. The molecule has 0 aliphatic carbocycles. The van der Waals surface area contributed by atoms with Gasteiger partial charge in [-0.3, -0.25) is 0 Å². The van der Waals surface area contributed by atoms with E-state index in [1.807, 2.05) is 0 Å². The topological polar surface area (TPSA) is 85.9 Å². The molecule has 0 amide bonds. The fourth-order valence-corrected chi connectivity index (χ4v) is 1.82. The Morgan fingerprint density at radius 2 is 1.74 bits per heavy atom. The van der Waals surface area contributed by atoms with Crippen molar-refractivity contribution in [2.24, 2.45) is 0 Å². The zero-order valence-electron chi connectivity index (χ0n) is 11.8. The number of halogens is 1. The van der Waals surface area contributed by atoms with Crippen LogP contribution in [0, 0.1) is 22.7 Å². The molecule has 0 unspecified atom stereocenters. The van der Waals surface area contributed by atoms with Gasteiger partial charge >= 0.3 is 5.97 Å². The molecular weight excluding hydrogens is 314 g/mol. The minimum atomic E-state index is -0.570. The molecular formula is C17H10ClN3O2. The van der Waals surface area contributed by atoms with Gasteiger partial charge in [-0.2, -0.15) is 10.5 Å². The van der Waals surface area contributed by atoms with E-state index in [4.69, 9.17) is 26.9 Å². The highest BCUT2D eigenvalue weighted by molar-refractivity contribution is 6.30. The van der Waals surface area contributed by atoms with Gasteiger partial charge in [0.1, 0.15) is 23.5 Å². The molecule has 112 valence electrons. The number of anilines is 1. The second-order valence-electron chi connectivity index (χ2n) is 4.31. The number of esters is 1. The molecule has 0 atom stereocenters. The monoisotopic (exact) mass is 323 g/mol. The Kier molecular flexibility index (Phi) is 5.35. The van der Waals surface area contributed by atoms with Crippen LogP contribution in [0.1, 0.15) is 10.4 Å². The van der Waals surface area contributed by atoms with Crippen molar-refractivity contribution in [1.82, 2.24) is 0 Å². The maximum Gasteiger partial charge on any atom is 0.345 e. The van der Waals surface area contributed by atoms with Gasteiger partial charge in [0, 0.05) is 11.2 Å². The normalized spacial score (nSPS) is 9.17. The lowest BCUT2D eigenvalue weighted by Crippen LogP contribution is -2.10. The largest absolute Gasteiger partial charge is 0.423 e. The molecule has 0 aliphatic rings. The van der Waals surface area contributed by atoms with Crippen LogP contribution in [0.4, 0.5) is 5.69 Å². The van der Waals surface area contributed by atoms with Crippen LogP contribution < -0.4 is 10.1 Å². The van der Waals surface area contributed by atoms with Crippen LogP contribution in [0.15, 0.2) is 60.3 Å². The second-order valence-corrected chi connectivity index (χ2v) is 4.75. The molecule has 0 spiro atoms. The summed E-state index contributed by atoms with van der Waals surface area (Å²) in [6, 6.07) is 16.5. The Bertz CT molecular complexity index is 814. The Morgan fingerprint density at radius 3 is 2.39 bits per heavy atom. The molecule has 2 aromatic carbocycles. The van der Waals surface area contributed by atoms with Gasteiger partial charge in [0.15, 0.2) is 0 Å². The van der Waals surface area contributed by atoms with Gasteiger partial charge in [-0.05, 0) is 36.4 Å². The van der Waals surface area contributed by atoms with E-state index in [2.05, 4.69) is 5.32 Å². The van der Waals surface area contributed by atoms with Crippen molar-refractivity contribution in [2.45, 2.75) is 0 Å². The van der Waals surface area contributed by atoms with Crippen molar-refractivity contribution in [3.05, 3.63) is 70.9 Å². The number of nitriles is 2. The third kappa shape index (κ3) is 4.34. The molecule has 0 bridgehead atoms. The third-order valence-electron chi connectivity index (χ3n) is 2.78. The van der Waals surface area contributed by atoms with Crippen molar-refractivity contribution in [2.75, 3.05) is 5.32 Å². The van der Waals surface area contributed by atoms with Crippen LogP contribution in [0.25, 0.3) is 0 Å². The average molecular weight is 324 g/mol. The number of nitrogens with one attached hydrogen (secondary N) is 1. The first kappa shape index (κ1) is 16.1. The fourth-order valence-electron chi connectivity index (χ4n) is 1.69. The maximum atomic E-state index is 12.3. The Morgan fingerprint density at radius 1 is 1.09 bits per heavy atom. The van der Waals surface area contributed by atoms with Gasteiger partial charge in [-0.15, -0.1) is 0 Å². The average Bonchev–Trinajstić information content (AvgIpc) is 2.58. The summed E-state index contributed by atoms with van der Waals surface area (Å²) in [5, 5.41) is 20.7. The molecule has 0 radical (unpaired) electrons. The zero-order chi connectivity index (χ0) is 16.7. The van der Waals surface area contributed by atoms with E-state index in [9.17, 15) is 4.79 Å². The van der Waals surface area contributed by atoms with E-state index in [0.717, 1.165) is 0 Å². The SMILES string of the molecule is N#CC(C#N)=CNc1ccccc1C(=O)Oc1ccc(Cl)cc1. The van der Waals surface area contributed by atoms with Gasteiger partial charge < -0.3 is 10.1 Å². The van der Waals surface area contributed by atoms with Crippen LogP contribution in [-0.2, 0) is 0 Å². The van der Waals surface area contributed by atoms with Gasteiger partial charge in [0.2, 0.25) is 0 Å². The molecule has 0 saturated carbocycles. The summed E-state index contributed by atoms with van der Waals surface area (Å²) < 4.78 is 5.27. The van der Waals surface area contributed by atoms with Crippen LogP contribution in [0.5, 0.6) is 5.75 Å². The molecule has 1 N–H and O–H groups in total. The minimum absolute atomic E-state index is 0.106. The number of rotatable bonds is 4. The van der Waals surface area contributed by atoms with E-state index in [1.54, 1.807) is 60.7 Å². The molecule has 2 rings (SSSR count). The first-order valence-electron chi connectivity index (χ1n) is 6.47. The van der Waals surface area contributed by atoms with Crippen LogP contribution in [0.2, 0.25) is 5.02 Å². The van der Waals surface area contributed by atoms with Crippen LogP contribution in [0.3, 0.4) is 0 Å². The molecule has 0 fully saturated rings. The second kappa shape index (κ2) is 7.65. The van der Waals surface area contributed by atoms with E-state index < -0.39 is 5.97 Å². The van der Waals surface area contributed by atoms with E-state index in [0.29, 0.717) is 16.5 Å². The number of carbonyl (C=O) groups is 1. The highest BCUT2D eigenvalue weighted by Crippen LogP contribution is 2.20. The number of nitrogens with zero attached hydrogens (tertiary/aromatic N) is 2. The number of hydrogen-bond acceptors (Lipinski definition) is 5. The van der Waals surface area contributed by atoms with Crippen LogP contribution >= 0.6 is 11.6 Å². The predicted octanol–water partition coefficient (Wildman–Crippen LogP) is 3.90. The van der Waals surface area contributed by atoms with Gasteiger partial charge in [0.25, 0.3) is 0 Å². The molecule has 5 nitrogen and oxygen atoms in total. The Hall–Kier alpha value is -3.28. The lowest BCUT2D eigenvalue weighted by molar-refractivity contribution is 0.0736. The number of allylic oxidation sites excluding steroid dienone is 1. The standard InChI is InChI=1S/C17H10ClN3O2/c18-13-5-7-14(8-6-13)23-17(22)15-3-1-2-4-16(15)21-11-12(9-19)10-20/h1-8,11,21H. The summed E-state index contributed by atoms with van der Waals surface area (Å²) in [6.07, 6.45) is 1.23. The summed E-state index contributed by atoms with van der Waals surface area (Å²) in [5.74, 6) is -0.209. The summed E-state index contributed by atoms with van der Waals surface area (Å²) in [5.41, 5.74) is 0.592.